The molecule has 0 bridgehead atoms. The van der Waals surface area contributed by atoms with Gasteiger partial charge in [-0.25, -0.2) is 0 Å². The average molecular weight is 152 g/mol. The Morgan fingerprint density at radius 2 is 2.50 bits per heavy atom. The average Bonchev–Trinajstić information content (AvgIpc) is 1.83. The molecule has 0 aromatic rings. The maximum atomic E-state index is 10.3. The van der Waals surface area contributed by atoms with Crippen molar-refractivity contribution < 1.29 is 9.53 Å². The summed E-state index contributed by atoms with van der Waals surface area (Å²) in [5, 5.41) is 0. The molecule has 0 saturated heterocycles. The quantitative estimate of drug-likeness (QED) is 0.373. The summed E-state index contributed by atoms with van der Waals surface area (Å²) < 4.78 is 4.37. The first-order chi connectivity index (χ1) is 3.81. The first-order valence-electron chi connectivity index (χ1n) is 2.14. The van der Waals surface area contributed by atoms with E-state index in [1.807, 2.05) is 0 Å². The Labute approximate surface area is 57.8 Å². The van der Waals surface area contributed by atoms with Crippen LogP contribution >= 0.6 is 22.5 Å². The van der Waals surface area contributed by atoms with Crippen LogP contribution in [0.25, 0.3) is 0 Å². The van der Waals surface area contributed by atoms with Crippen LogP contribution in [0.2, 0.25) is 0 Å². The highest BCUT2D eigenvalue weighted by Gasteiger charge is 1.95. The molecule has 0 aromatic carbocycles. The number of hydrogen-bond acceptors (Lipinski definition) is 4. The van der Waals surface area contributed by atoms with Crippen molar-refractivity contribution in [2.75, 3.05) is 12.9 Å². The Hall–Kier alpha value is 0.170. The molecule has 0 rings (SSSR count). The number of ether oxygens (including phenoxy) is 1. The third kappa shape index (κ3) is 4.33. The van der Waals surface area contributed by atoms with Gasteiger partial charge in [0.2, 0.25) is 0 Å². The summed E-state index contributed by atoms with van der Waals surface area (Å²) in [4.78, 5) is 10.3. The van der Waals surface area contributed by atoms with Crippen molar-refractivity contribution in [1.82, 2.24) is 0 Å². The van der Waals surface area contributed by atoms with Crippen molar-refractivity contribution in [3.05, 3.63) is 0 Å². The molecule has 0 spiro atoms. The van der Waals surface area contributed by atoms with Gasteiger partial charge in [-0.2, -0.15) is 0 Å². The van der Waals surface area contributed by atoms with E-state index in [-0.39, 0.29) is 5.97 Å². The molecule has 0 aliphatic heterocycles. The summed E-state index contributed by atoms with van der Waals surface area (Å²) in [6.45, 7) is 0. The van der Waals surface area contributed by atoms with Crippen LogP contribution in [0.15, 0.2) is 0 Å². The van der Waals surface area contributed by atoms with E-state index in [9.17, 15) is 4.79 Å². The lowest BCUT2D eigenvalue weighted by molar-refractivity contribution is -0.140. The monoisotopic (exact) mass is 152 g/mol. The van der Waals surface area contributed by atoms with Crippen molar-refractivity contribution in [2.24, 2.45) is 0 Å². The highest BCUT2D eigenvalue weighted by Crippen LogP contribution is 2.05. The highest BCUT2D eigenvalue weighted by atomic mass is 33.1. The molecule has 0 amide bonds. The lowest BCUT2D eigenvalue weighted by Crippen LogP contribution is -1.99. The van der Waals surface area contributed by atoms with Gasteiger partial charge in [0.05, 0.1) is 13.5 Å². The molecule has 0 unspecified atom stereocenters. The molecule has 0 atom stereocenters. The maximum absolute atomic E-state index is 10.3. The molecule has 0 aliphatic rings. The van der Waals surface area contributed by atoms with Gasteiger partial charge >= 0.3 is 5.97 Å². The van der Waals surface area contributed by atoms with Gasteiger partial charge in [0.25, 0.3) is 0 Å². The zero-order valence-corrected chi connectivity index (χ0v) is 6.30. The predicted molar refractivity (Wildman–Crippen MR) is 38.1 cm³/mol. The molecule has 8 heavy (non-hydrogen) atoms. The SMILES string of the molecule is COC(=O)CCSS. The first-order valence-corrected chi connectivity index (χ1v) is 4.18. The van der Waals surface area contributed by atoms with Crippen LogP contribution in [0.1, 0.15) is 6.42 Å². The standard InChI is InChI=1S/C4H8O2S2/c1-6-4(5)2-3-8-7/h7H,2-3H2,1H3. The van der Waals surface area contributed by atoms with E-state index < -0.39 is 0 Å². The zero-order chi connectivity index (χ0) is 6.41. The number of rotatable bonds is 3. The van der Waals surface area contributed by atoms with Crippen molar-refractivity contribution in [3.8, 4) is 0 Å². The molecule has 0 aromatic heterocycles. The second-order valence-electron chi connectivity index (χ2n) is 1.16. The topological polar surface area (TPSA) is 26.3 Å². The molecular weight excluding hydrogens is 144 g/mol. The summed E-state index contributed by atoms with van der Waals surface area (Å²) in [6.07, 6.45) is 0.449. The van der Waals surface area contributed by atoms with Gasteiger partial charge in [0, 0.05) is 5.75 Å². The summed E-state index contributed by atoms with van der Waals surface area (Å²) in [5.74, 6) is 0.544. The minimum Gasteiger partial charge on any atom is -0.469 e. The number of carbonyl (C=O) groups is 1. The Kier molecular flexibility index (Phi) is 5.42. The number of carbonyl (C=O) groups excluding carboxylic acids is 1. The third-order valence-electron chi connectivity index (χ3n) is 0.625. The molecule has 0 N–H and O–H groups in total. The Morgan fingerprint density at radius 3 is 2.88 bits per heavy atom. The smallest absolute Gasteiger partial charge is 0.306 e. The van der Waals surface area contributed by atoms with E-state index in [2.05, 4.69) is 16.4 Å². The molecule has 48 valence electrons. The van der Waals surface area contributed by atoms with Crippen molar-refractivity contribution >= 4 is 28.4 Å². The molecule has 0 saturated carbocycles. The van der Waals surface area contributed by atoms with E-state index >= 15 is 0 Å². The summed E-state index contributed by atoms with van der Waals surface area (Å²) >= 11 is 3.84. The number of thiol groups is 1. The van der Waals surface area contributed by atoms with Crippen LogP contribution in [0.5, 0.6) is 0 Å². The van der Waals surface area contributed by atoms with E-state index in [1.165, 1.54) is 17.9 Å². The van der Waals surface area contributed by atoms with Gasteiger partial charge in [0.1, 0.15) is 0 Å². The van der Waals surface area contributed by atoms with E-state index in [0.717, 1.165) is 5.75 Å². The second-order valence-corrected chi connectivity index (χ2v) is 2.60. The molecular formula is C4H8O2S2. The zero-order valence-electron chi connectivity index (χ0n) is 4.59. The summed E-state index contributed by atoms with van der Waals surface area (Å²) in [7, 11) is 2.72. The minimum absolute atomic E-state index is 0.174. The van der Waals surface area contributed by atoms with E-state index in [1.54, 1.807) is 0 Å². The normalized spacial score (nSPS) is 8.75. The fraction of sp³-hybridized carbons (Fsp3) is 0.750. The Balaban J connectivity index is 2.99. The number of methoxy groups -OCH3 is 1. The fourth-order valence-electron chi connectivity index (χ4n) is 0.231. The largest absolute Gasteiger partial charge is 0.469 e. The van der Waals surface area contributed by atoms with Crippen molar-refractivity contribution in [3.63, 3.8) is 0 Å². The number of esters is 1. The van der Waals surface area contributed by atoms with Gasteiger partial charge in [0.15, 0.2) is 0 Å². The minimum atomic E-state index is -0.174. The summed E-state index contributed by atoms with van der Waals surface area (Å²) in [5.41, 5.74) is 0. The van der Waals surface area contributed by atoms with Gasteiger partial charge in [-0.05, 0) is 0 Å². The van der Waals surface area contributed by atoms with Crippen LogP contribution in [0, 0.1) is 0 Å². The van der Waals surface area contributed by atoms with Gasteiger partial charge in [-0.1, -0.05) is 10.8 Å². The molecule has 4 heteroatoms. The van der Waals surface area contributed by atoms with Crippen LogP contribution in [0.4, 0.5) is 0 Å². The third-order valence-corrected chi connectivity index (χ3v) is 1.56. The Bertz CT molecular complexity index is 74.4. The lowest BCUT2D eigenvalue weighted by atomic mass is 10.5. The molecule has 0 heterocycles. The van der Waals surface area contributed by atoms with Crippen LogP contribution in [-0.2, 0) is 9.53 Å². The van der Waals surface area contributed by atoms with E-state index in [4.69, 9.17) is 0 Å². The van der Waals surface area contributed by atoms with Gasteiger partial charge in [-0.3, -0.25) is 4.79 Å². The van der Waals surface area contributed by atoms with Gasteiger partial charge < -0.3 is 4.74 Å². The molecule has 0 aliphatic carbocycles. The van der Waals surface area contributed by atoms with Crippen molar-refractivity contribution in [2.45, 2.75) is 6.42 Å². The van der Waals surface area contributed by atoms with Crippen LogP contribution in [0.3, 0.4) is 0 Å². The van der Waals surface area contributed by atoms with Crippen molar-refractivity contribution in [1.29, 1.82) is 0 Å². The van der Waals surface area contributed by atoms with Crippen LogP contribution in [-0.4, -0.2) is 18.8 Å². The highest BCUT2D eigenvalue weighted by molar-refractivity contribution is 8.68. The fourth-order valence-corrected chi connectivity index (χ4v) is 0.763. The Morgan fingerprint density at radius 1 is 1.88 bits per heavy atom. The first kappa shape index (κ1) is 8.17. The van der Waals surface area contributed by atoms with E-state index in [0.29, 0.717) is 6.42 Å². The van der Waals surface area contributed by atoms with Crippen LogP contribution < -0.4 is 0 Å². The van der Waals surface area contributed by atoms with Gasteiger partial charge in [-0.15, -0.1) is 11.7 Å². The molecule has 0 radical (unpaired) electrons. The lowest BCUT2D eigenvalue weighted by Gasteiger charge is -1.93. The number of hydrogen-bond donors (Lipinski definition) is 1. The second kappa shape index (κ2) is 5.31. The summed E-state index contributed by atoms with van der Waals surface area (Å²) in [6, 6.07) is 0. The predicted octanol–water partition coefficient (Wildman–Crippen LogP) is 1.13. The molecule has 0 fully saturated rings. The maximum Gasteiger partial charge on any atom is 0.306 e. The molecule has 2 nitrogen and oxygen atoms in total.